The highest BCUT2D eigenvalue weighted by Crippen LogP contribution is 2.19. The maximum absolute atomic E-state index is 13.8. The minimum absolute atomic E-state index is 0.143. The molecular weight excluding hydrogens is 300 g/mol. The molecule has 0 saturated carbocycles. The Balaban J connectivity index is 1.94. The van der Waals surface area contributed by atoms with Gasteiger partial charge in [-0.1, -0.05) is 13.3 Å². The summed E-state index contributed by atoms with van der Waals surface area (Å²) >= 11 is 0. The van der Waals surface area contributed by atoms with E-state index in [4.69, 9.17) is 5.26 Å². The maximum Gasteiger partial charge on any atom is 0.257 e. The molecule has 0 aromatic heterocycles. The highest BCUT2D eigenvalue weighted by molar-refractivity contribution is 5.94. The Hall–Kier alpha value is -2.00. The van der Waals surface area contributed by atoms with Crippen molar-refractivity contribution < 1.29 is 13.6 Å². The molecule has 1 amide bonds. The summed E-state index contributed by atoms with van der Waals surface area (Å²) in [6.07, 6.45) is 4.59. The van der Waals surface area contributed by atoms with E-state index in [0.717, 1.165) is 37.9 Å². The molecular formula is C17H21F2N3O. The predicted octanol–water partition coefficient (Wildman–Crippen LogP) is 2.83. The Labute approximate surface area is 135 Å². The fourth-order valence-electron chi connectivity index (χ4n) is 3.07. The molecule has 23 heavy (non-hydrogen) atoms. The van der Waals surface area contributed by atoms with E-state index in [2.05, 4.69) is 17.1 Å². The number of rotatable bonds is 5. The van der Waals surface area contributed by atoms with Crippen LogP contribution in [0.5, 0.6) is 0 Å². The lowest BCUT2D eigenvalue weighted by atomic mass is 10.0. The van der Waals surface area contributed by atoms with Gasteiger partial charge in [-0.2, -0.15) is 5.26 Å². The molecule has 1 aromatic rings. The van der Waals surface area contributed by atoms with Gasteiger partial charge in [0.05, 0.1) is 11.6 Å². The molecule has 1 fully saturated rings. The molecule has 1 atom stereocenters. The van der Waals surface area contributed by atoms with E-state index in [1.54, 1.807) is 6.07 Å². The van der Waals surface area contributed by atoms with E-state index in [-0.39, 0.29) is 5.56 Å². The summed E-state index contributed by atoms with van der Waals surface area (Å²) in [4.78, 5) is 14.3. The smallest absolute Gasteiger partial charge is 0.257 e. The van der Waals surface area contributed by atoms with E-state index < -0.39 is 23.1 Å². The van der Waals surface area contributed by atoms with Gasteiger partial charge in [-0.15, -0.1) is 0 Å². The van der Waals surface area contributed by atoms with Gasteiger partial charge in [-0.3, -0.25) is 9.69 Å². The van der Waals surface area contributed by atoms with Gasteiger partial charge in [0.2, 0.25) is 0 Å². The van der Waals surface area contributed by atoms with Crippen LogP contribution in [0.15, 0.2) is 12.1 Å². The van der Waals surface area contributed by atoms with Crippen molar-refractivity contribution in [1.29, 1.82) is 5.26 Å². The summed E-state index contributed by atoms with van der Waals surface area (Å²) in [6.45, 7) is 4.15. The molecule has 1 N–H and O–H groups in total. The zero-order valence-electron chi connectivity index (χ0n) is 13.2. The van der Waals surface area contributed by atoms with Gasteiger partial charge in [0.15, 0.2) is 0 Å². The number of nitrogens with zero attached hydrogens (tertiary/aromatic N) is 2. The van der Waals surface area contributed by atoms with Gasteiger partial charge in [-0.25, -0.2) is 8.78 Å². The van der Waals surface area contributed by atoms with Gasteiger partial charge in [0.25, 0.3) is 5.91 Å². The molecule has 0 bridgehead atoms. The summed E-state index contributed by atoms with van der Waals surface area (Å²) < 4.78 is 27.6. The summed E-state index contributed by atoms with van der Waals surface area (Å²) in [5, 5.41) is 11.2. The van der Waals surface area contributed by atoms with Crippen LogP contribution >= 0.6 is 0 Å². The SMILES string of the molecule is CCC1CCCCN1CCNC(=O)c1c(F)cc(C#N)cc1F. The highest BCUT2D eigenvalue weighted by atomic mass is 19.1. The quantitative estimate of drug-likeness (QED) is 0.907. The minimum Gasteiger partial charge on any atom is -0.351 e. The molecule has 0 radical (unpaired) electrons. The van der Waals surface area contributed by atoms with Crippen LogP contribution in [0.25, 0.3) is 0 Å². The Bertz CT molecular complexity index is 589. The Morgan fingerprint density at radius 3 is 2.70 bits per heavy atom. The molecule has 1 aliphatic rings. The lowest BCUT2D eigenvalue weighted by Crippen LogP contribution is -2.43. The number of piperidine rings is 1. The predicted molar refractivity (Wildman–Crippen MR) is 82.9 cm³/mol. The summed E-state index contributed by atoms with van der Waals surface area (Å²) in [6, 6.07) is 3.91. The maximum atomic E-state index is 13.8. The topological polar surface area (TPSA) is 56.1 Å². The van der Waals surface area contributed by atoms with Crippen LogP contribution in [0.4, 0.5) is 8.78 Å². The monoisotopic (exact) mass is 321 g/mol. The lowest BCUT2D eigenvalue weighted by Gasteiger charge is -2.35. The van der Waals surface area contributed by atoms with Crippen molar-refractivity contribution in [3.05, 3.63) is 34.9 Å². The standard InChI is InChI=1S/C17H21F2N3O/c1-2-13-5-3-4-7-22(13)8-6-21-17(23)16-14(18)9-12(11-20)10-15(16)19/h9-10,13H,2-8H2,1H3,(H,21,23). The molecule has 6 heteroatoms. The minimum atomic E-state index is -1.01. The van der Waals surface area contributed by atoms with Crippen molar-refractivity contribution in [3.63, 3.8) is 0 Å². The van der Waals surface area contributed by atoms with Gasteiger partial charge in [0.1, 0.15) is 17.2 Å². The second-order valence-corrected chi connectivity index (χ2v) is 5.78. The normalized spacial score (nSPS) is 18.4. The van der Waals surface area contributed by atoms with Gasteiger partial charge in [0, 0.05) is 19.1 Å². The zero-order valence-corrected chi connectivity index (χ0v) is 13.2. The number of nitrogens with one attached hydrogen (secondary N) is 1. The third-order valence-electron chi connectivity index (χ3n) is 4.30. The van der Waals surface area contributed by atoms with Gasteiger partial charge < -0.3 is 5.32 Å². The summed E-state index contributed by atoms with van der Waals surface area (Å²) in [5.74, 6) is -2.80. The number of likely N-dealkylation sites (tertiary alicyclic amines) is 1. The Morgan fingerprint density at radius 1 is 1.39 bits per heavy atom. The molecule has 0 spiro atoms. The van der Waals surface area contributed by atoms with Gasteiger partial charge >= 0.3 is 0 Å². The molecule has 1 saturated heterocycles. The third-order valence-corrected chi connectivity index (χ3v) is 4.30. The van der Waals surface area contributed by atoms with Crippen LogP contribution in [0.1, 0.15) is 48.5 Å². The number of benzene rings is 1. The Kier molecular flexibility index (Phi) is 6.05. The van der Waals surface area contributed by atoms with Crippen LogP contribution in [-0.4, -0.2) is 36.5 Å². The molecule has 1 unspecified atom stereocenters. The van der Waals surface area contributed by atoms with Crippen molar-refractivity contribution in [2.75, 3.05) is 19.6 Å². The molecule has 1 aliphatic heterocycles. The highest BCUT2D eigenvalue weighted by Gasteiger charge is 2.22. The summed E-state index contributed by atoms with van der Waals surface area (Å²) in [7, 11) is 0. The van der Waals surface area contributed by atoms with Crippen LogP contribution < -0.4 is 5.32 Å². The Morgan fingerprint density at radius 2 is 2.09 bits per heavy atom. The third kappa shape index (κ3) is 4.26. The van der Waals surface area contributed by atoms with E-state index in [9.17, 15) is 13.6 Å². The second-order valence-electron chi connectivity index (χ2n) is 5.78. The number of halogens is 2. The number of carbonyl (C=O) groups is 1. The average Bonchev–Trinajstić information content (AvgIpc) is 2.54. The van der Waals surface area contributed by atoms with Gasteiger partial charge in [-0.05, 0) is 37.9 Å². The molecule has 0 aliphatic carbocycles. The first kappa shape index (κ1) is 17.4. The average molecular weight is 321 g/mol. The van der Waals surface area contributed by atoms with Crippen molar-refractivity contribution in [3.8, 4) is 6.07 Å². The van der Waals surface area contributed by atoms with Crippen molar-refractivity contribution in [2.24, 2.45) is 0 Å². The molecule has 4 nitrogen and oxygen atoms in total. The van der Waals surface area contributed by atoms with Crippen LogP contribution in [0.2, 0.25) is 0 Å². The lowest BCUT2D eigenvalue weighted by molar-refractivity contribution is 0.0926. The van der Waals surface area contributed by atoms with Crippen molar-refractivity contribution in [2.45, 2.75) is 38.6 Å². The first-order valence-corrected chi connectivity index (χ1v) is 7.98. The van der Waals surface area contributed by atoms with Crippen LogP contribution in [0.3, 0.4) is 0 Å². The number of carbonyl (C=O) groups excluding carboxylic acids is 1. The second kappa shape index (κ2) is 8.02. The molecule has 2 rings (SSSR count). The number of nitriles is 1. The van der Waals surface area contributed by atoms with E-state index in [1.165, 1.54) is 6.42 Å². The zero-order chi connectivity index (χ0) is 16.8. The van der Waals surface area contributed by atoms with E-state index in [1.807, 2.05) is 0 Å². The first-order chi connectivity index (χ1) is 11.1. The number of hydrogen-bond acceptors (Lipinski definition) is 3. The fourth-order valence-corrected chi connectivity index (χ4v) is 3.07. The summed E-state index contributed by atoms with van der Waals surface area (Å²) in [5.41, 5.74) is -0.773. The van der Waals surface area contributed by atoms with Crippen LogP contribution in [-0.2, 0) is 0 Å². The van der Waals surface area contributed by atoms with E-state index in [0.29, 0.717) is 19.1 Å². The number of amides is 1. The largest absolute Gasteiger partial charge is 0.351 e. The molecule has 124 valence electrons. The van der Waals surface area contributed by atoms with Crippen LogP contribution in [0, 0.1) is 23.0 Å². The molecule has 1 aromatic carbocycles. The van der Waals surface area contributed by atoms with Crippen molar-refractivity contribution in [1.82, 2.24) is 10.2 Å². The van der Waals surface area contributed by atoms with E-state index >= 15 is 0 Å². The number of hydrogen-bond donors (Lipinski definition) is 1. The fraction of sp³-hybridized carbons (Fsp3) is 0.529. The molecule has 1 heterocycles. The first-order valence-electron chi connectivity index (χ1n) is 7.98. The van der Waals surface area contributed by atoms with Crippen molar-refractivity contribution >= 4 is 5.91 Å².